The van der Waals surface area contributed by atoms with E-state index in [1.165, 1.54) is 0 Å². The monoisotopic (exact) mass is 211 g/mol. The zero-order valence-electron chi connectivity index (χ0n) is 9.10. The summed E-state index contributed by atoms with van der Waals surface area (Å²) in [5, 5.41) is 11.8. The molecule has 5 heteroatoms. The minimum Gasteiger partial charge on any atom is -0.390 e. The maximum Gasteiger partial charge on any atom is 0.221 e. The van der Waals surface area contributed by atoms with Crippen LogP contribution >= 0.6 is 0 Å². The van der Waals surface area contributed by atoms with Crippen LogP contribution < -0.4 is 5.32 Å². The molecule has 0 fully saturated rings. The van der Waals surface area contributed by atoms with Gasteiger partial charge in [-0.25, -0.2) is 4.98 Å². The molecular formula is C10H17N3O2. The van der Waals surface area contributed by atoms with Crippen LogP contribution in [0, 0.1) is 0 Å². The lowest BCUT2D eigenvalue weighted by atomic mass is 10.3. The van der Waals surface area contributed by atoms with Gasteiger partial charge >= 0.3 is 0 Å². The van der Waals surface area contributed by atoms with Gasteiger partial charge in [-0.2, -0.15) is 0 Å². The number of aliphatic hydroxyl groups is 1. The van der Waals surface area contributed by atoms with Gasteiger partial charge in [0, 0.05) is 19.0 Å². The second-order valence-corrected chi connectivity index (χ2v) is 3.71. The molecule has 1 rings (SSSR count). The van der Waals surface area contributed by atoms with Crippen molar-refractivity contribution in [2.75, 3.05) is 0 Å². The van der Waals surface area contributed by atoms with Gasteiger partial charge in [0.05, 0.1) is 24.8 Å². The van der Waals surface area contributed by atoms with Crippen LogP contribution in [-0.4, -0.2) is 26.6 Å². The van der Waals surface area contributed by atoms with Crippen molar-refractivity contribution in [2.45, 2.75) is 39.5 Å². The molecular weight excluding hydrogens is 194 g/mol. The molecule has 0 spiro atoms. The van der Waals surface area contributed by atoms with E-state index >= 15 is 0 Å². The molecule has 0 bridgehead atoms. The number of carbonyl (C=O) groups excluding carboxylic acids is 1. The molecule has 1 aromatic heterocycles. The zero-order valence-corrected chi connectivity index (χ0v) is 9.10. The highest BCUT2D eigenvalue weighted by molar-refractivity contribution is 5.76. The number of rotatable bonds is 5. The maximum absolute atomic E-state index is 11.3. The Bertz CT molecular complexity index is 320. The molecule has 0 aliphatic heterocycles. The first-order valence-corrected chi connectivity index (χ1v) is 5.02. The Hall–Kier alpha value is -1.36. The molecule has 0 saturated carbocycles. The van der Waals surface area contributed by atoms with E-state index in [0.29, 0.717) is 13.0 Å². The number of aryl methyl sites for hydroxylation is 1. The van der Waals surface area contributed by atoms with E-state index in [0.717, 1.165) is 5.69 Å². The summed E-state index contributed by atoms with van der Waals surface area (Å²) in [7, 11) is 0. The summed E-state index contributed by atoms with van der Waals surface area (Å²) in [6, 6.07) is 0.164. The van der Waals surface area contributed by atoms with Crippen molar-refractivity contribution in [3.05, 3.63) is 18.2 Å². The summed E-state index contributed by atoms with van der Waals surface area (Å²) in [6.45, 7) is 4.35. The third kappa shape index (κ3) is 3.71. The van der Waals surface area contributed by atoms with Crippen LogP contribution in [0.2, 0.25) is 0 Å². The van der Waals surface area contributed by atoms with Crippen molar-refractivity contribution in [3.63, 3.8) is 0 Å². The minimum absolute atomic E-state index is 0.0163. The molecule has 84 valence electrons. The predicted octanol–water partition coefficient (Wildman–Crippen LogP) is 0.290. The fourth-order valence-electron chi connectivity index (χ4n) is 1.30. The Morgan fingerprint density at radius 3 is 3.00 bits per heavy atom. The van der Waals surface area contributed by atoms with Crippen molar-refractivity contribution in [1.82, 2.24) is 14.9 Å². The van der Waals surface area contributed by atoms with Crippen LogP contribution in [0.15, 0.2) is 12.5 Å². The third-order valence-corrected chi connectivity index (χ3v) is 1.99. The first kappa shape index (κ1) is 11.7. The Labute approximate surface area is 89.1 Å². The summed E-state index contributed by atoms with van der Waals surface area (Å²) in [6.07, 6.45) is 3.62. The summed E-state index contributed by atoms with van der Waals surface area (Å²) in [5.41, 5.74) is 0.729. The van der Waals surface area contributed by atoms with E-state index in [1.807, 2.05) is 13.8 Å². The van der Waals surface area contributed by atoms with Crippen LogP contribution in [0.25, 0.3) is 0 Å². The molecule has 0 unspecified atom stereocenters. The maximum atomic E-state index is 11.3. The largest absolute Gasteiger partial charge is 0.390 e. The molecule has 15 heavy (non-hydrogen) atoms. The number of hydrogen-bond acceptors (Lipinski definition) is 3. The van der Waals surface area contributed by atoms with Crippen LogP contribution in [0.5, 0.6) is 0 Å². The molecule has 0 saturated heterocycles. The Morgan fingerprint density at radius 1 is 1.67 bits per heavy atom. The summed E-state index contributed by atoms with van der Waals surface area (Å²) >= 11 is 0. The second kappa shape index (κ2) is 5.50. The quantitative estimate of drug-likeness (QED) is 0.735. The molecule has 2 N–H and O–H groups in total. The van der Waals surface area contributed by atoms with Crippen molar-refractivity contribution in [1.29, 1.82) is 0 Å². The Morgan fingerprint density at radius 2 is 2.40 bits per heavy atom. The average Bonchev–Trinajstić information content (AvgIpc) is 2.60. The van der Waals surface area contributed by atoms with Gasteiger partial charge in [-0.1, -0.05) is 0 Å². The SMILES string of the molecule is CC(C)NC(=O)CCn1cncc1CO. The third-order valence-electron chi connectivity index (χ3n) is 1.99. The number of aromatic nitrogens is 2. The van der Waals surface area contributed by atoms with Gasteiger partial charge in [0.1, 0.15) is 0 Å². The smallest absolute Gasteiger partial charge is 0.221 e. The molecule has 0 aliphatic carbocycles. The van der Waals surface area contributed by atoms with Gasteiger partial charge < -0.3 is 15.0 Å². The Balaban J connectivity index is 2.40. The average molecular weight is 211 g/mol. The van der Waals surface area contributed by atoms with E-state index in [2.05, 4.69) is 10.3 Å². The van der Waals surface area contributed by atoms with E-state index in [4.69, 9.17) is 5.11 Å². The second-order valence-electron chi connectivity index (χ2n) is 3.71. The zero-order chi connectivity index (χ0) is 11.3. The van der Waals surface area contributed by atoms with Gasteiger partial charge in [-0.3, -0.25) is 4.79 Å². The fourth-order valence-corrected chi connectivity index (χ4v) is 1.30. The van der Waals surface area contributed by atoms with E-state index in [-0.39, 0.29) is 18.6 Å². The molecule has 1 amide bonds. The molecule has 0 aliphatic rings. The van der Waals surface area contributed by atoms with Gasteiger partial charge in [0.2, 0.25) is 5.91 Å². The summed E-state index contributed by atoms with van der Waals surface area (Å²) < 4.78 is 1.78. The standard InChI is InChI=1S/C10H17N3O2/c1-8(2)12-10(15)3-4-13-7-11-5-9(13)6-14/h5,7-8,14H,3-4,6H2,1-2H3,(H,12,15). The first-order valence-electron chi connectivity index (χ1n) is 5.02. The number of aliphatic hydroxyl groups excluding tert-OH is 1. The number of nitrogens with one attached hydrogen (secondary N) is 1. The van der Waals surface area contributed by atoms with E-state index in [1.54, 1.807) is 17.1 Å². The van der Waals surface area contributed by atoms with Gasteiger partial charge in [-0.15, -0.1) is 0 Å². The van der Waals surface area contributed by atoms with Crippen LogP contribution in [0.1, 0.15) is 26.0 Å². The van der Waals surface area contributed by atoms with Crippen LogP contribution in [-0.2, 0) is 17.9 Å². The van der Waals surface area contributed by atoms with Crippen molar-refractivity contribution >= 4 is 5.91 Å². The molecule has 0 aromatic carbocycles. The van der Waals surface area contributed by atoms with Gasteiger partial charge in [0.25, 0.3) is 0 Å². The minimum atomic E-state index is -0.0498. The lowest BCUT2D eigenvalue weighted by Crippen LogP contribution is -2.30. The number of imidazole rings is 1. The molecule has 1 aromatic rings. The number of nitrogens with zero attached hydrogens (tertiary/aromatic N) is 2. The fraction of sp³-hybridized carbons (Fsp3) is 0.600. The number of amides is 1. The van der Waals surface area contributed by atoms with Crippen molar-refractivity contribution in [3.8, 4) is 0 Å². The molecule has 1 heterocycles. The van der Waals surface area contributed by atoms with Crippen LogP contribution in [0.3, 0.4) is 0 Å². The molecule has 5 nitrogen and oxygen atoms in total. The van der Waals surface area contributed by atoms with Gasteiger partial charge in [-0.05, 0) is 13.8 Å². The lowest BCUT2D eigenvalue weighted by molar-refractivity contribution is -0.121. The predicted molar refractivity (Wildman–Crippen MR) is 56.0 cm³/mol. The topological polar surface area (TPSA) is 67.2 Å². The normalized spacial score (nSPS) is 10.7. The first-order chi connectivity index (χ1) is 7.13. The van der Waals surface area contributed by atoms with E-state index < -0.39 is 0 Å². The number of hydrogen-bond donors (Lipinski definition) is 2. The van der Waals surface area contributed by atoms with E-state index in [9.17, 15) is 4.79 Å². The Kier molecular flexibility index (Phi) is 4.30. The van der Waals surface area contributed by atoms with Crippen molar-refractivity contribution in [2.24, 2.45) is 0 Å². The lowest BCUT2D eigenvalue weighted by Gasteiger charge is -2.09. The van der Waals surface area contributed by atoms with Crippen molar-refractivity contribution < 1.29 is 9.90 Å². The van der Waals surface area contributed by atoms with Crippen LogP contribution in [0.4, 0.5) is 0 Å². The highest BCUT2D eigenvalue weighted by Gasteiger charge is 2.05. The summed E-state index contributed by atoms with van der Waals surface area (Å²) in [4.78, 5) is 15.2. The highest BCUT2D eigenvalue weighted by Crippen LogP contribution is 2.00. The molecule has 0 atom stereocenters. The number of carbonyl (C=O) groups is 1. The van der Waals surface area contributed by atoms with Gasteiger partial charge in [0.15, 0.2) is 0 Å². The highest BCUT2D eigenvalue weighted by atomic mass is 16.3. The molecule has 0 radical (unpaired) electrons. The summed E-state index contributed by atoms with van der Waals surface area (Å²) in [5.74, 6) is 0.0163.